The minimum absolute atomic E-state index is 0.0592. The Labute approximate surface area is 75.8 Å². The first-order chi connectivity index (χ1) is 5.54. The lowest BCUT2D eigenvalue weighted by atomic mass is 10.1. The second-order valence-corrected chi connectivity index (χ2v) is 4.20. The molecule has 0 fully saturated rings. The van der Waals surface area contributed by atoms with Crippen LogP contribution in [0, 0.1) is 0 Å². The molecule has 70 valence electrons. The van der Waals surface area contributed by atoms with Crippen molar-refractivity contribution in [1.82, 2.24) is 10.9 Å². The van der Waals surface area contributed by atoms with Crippen molar-refractivity contribution in [1.29, 1.82) is 0 Å². The molecule has 0 aromatic rings. The fourth-order valence-electron chi connectivity index (χ4n) is 0.767. The summed E-state index contributed by atoms with van der Waals surface area (Å²) in [6.45, 7) is 3.43. The van der Waals surface area contributed by atoms with Crippen LogP contribution < -0.4 is 16.7 Å². The van der Waals surface area contributed by atoms with Gasteiger partial charge in [0, 0.05) is 5.75 Å². The lowest BCUT2D eigenvalue weighted by molar-refractivity contribution is 0.152. The van der Waals surface area contributed by atoms with Crippen LogP contribution >= 0.6 is 11.8 Å². The summed E-state index contributed by atoms with van der Waals surface area (Å²) in [6.07, 6.45) is 0. The van der Waals surface area contributed by atoms with Crippen molar-refractivity contribution in [2.75, 3.05) is 5.75 Å². The number of nitrogens with zero attached hydrogens (tertiary/aromatic N) is 1. The molecule has 1 atom stereocenters. The quantitative estimate of drug-likeness (QED) is 0.338. The molecule has 0 aromatic carbocycles. The maximum Gasteiger partial charge on any atom is 0.153 e. The van der Waals surface area contributed by atoms with Crippen molar-refractivity contribution >= 4 is 17.5 Å². The Balaban J connectivity index is 2.56. The van der Waals surface area contributed by atoms with E-state index in [9.17, 15) is 5.11 Å². The SMILES string of the molecule is CC(C)(O)C1=NNC(NN)SC1. The summed E-state index contributed by atoms with van der Waals surface area (Å²) in [7, 11) is 0. The Morgan fingerprint density at radius 1 is 1.83 bits per heavy atom. The van der Waals surface area contributed by atoms with Gasteiger partial charge in [0.15, 0.2) is 5.50 Å². The molecule has 0 saturated heterocycles. The van der Waals surface area contributed by atoms with E-state index in [4.69, 9.17) is 5.84 Å². The number of hydrazone groups is 1. The van der Waals surface area contributed by atoms with Gasteiger partial charge in [0.05, 0.1) is 11.3 Å². The van der Waals surface area contributed by atoms with Crippen LogP contribution in [0.1, 0.15) is 13.8 Å². The van der Waals surface area contributed by atoms with E-state index in [0.29, 0.717) is 5.75 Å². The minimum atomic E-state index is -0.848. The summed E-state index contributed by atoms with van der Waals surface area (Å²) in [5.41, 5.74) is 5.15. The second-order valence-electron chi connectivity index (χ2n) is 3.10. The highest BCUT2D eigenvalue weighted by Crippen LogP contribution is 2.16. The van der Waals surface area contributed by atoms with Crippen LogP contribution in [0.15, 0.2) is 5.10 Å². The molecular formula is C6H14N4OS. The standard InChI is InChI=1S/C6H14N4OS/c1-6(2,11)4-3-12-5(8-7)10-9-4/h5,8,10-11H,3,7H2,1-2H3. The summed E-state index contributed by atoms with van der Waals surface area (Å²) in [5.74, 6) is 5.88. The largest absolute Gasteiger partial charge is 0.384 e. The van der Waals surface area contributed by atoms with E-state index < -0.39 is 5.60 Å². The number of thioether (sulfide) groups is 1. The zero-order chi connectivity index (χ0) is 9.19. The Hall–Kier alpha value is -0.300. The van der Waals surface area contributed by atoms with Gasteiger partial charge in [-0.05, 0) is 13.8 Å². The number of aliphatic hydroxyl groups is 1. The molecule has 1 rings (SSSR count). The molecule has 1 aliphatic heterocycles. The fraction of sp³-hybridized carbons (Fsp3) is 0.833. The highest BCUT2D eigenvalue weighted by Gasteiger charge is 2.25. The molecule has 0 aliphatic carbocycles. The first-order valence-electron chi connectivity index (χ1n) is 3.66. The summed E-state index contributed by atoms with van der Waals surface area (Å²) >= 11 is 1.56. The Morgan fingerprint density at radius 3 is 2.83 bits per heavy atom. The van der Waals surface area contributed by atoms with Crippen LogP contribution in [0.3, 0.4) is 0 Å². The molecule has 1 unspecified atom stereocenters. The average Bonchev–Trinajstić information content (AvgIpc) is 2.03. The van der Waals surface area contributed by atoms with Crippen LogP contribution in [0.4, 0.5) is 0 Å². The fourth-order valence-corrected chi connectivity index (χ4v) is 1.73. The highest BCUT2D eigenvalue weighted by molar-refractivity contribution is 8.00. The Morgan fingerprint density at radius 2 is 2.50 bits per heavy atom. The summed E-state index contributed by atoms with van der Waals surface area (Å²) in [4.78, 5) is 0. The third-order valence-electron chi connectivity index (χ3n) is 1.56. The molecule has 12 heavy (non-hydrogen) atoms. The molecule has 0 radical (unpaired) electrons. The summed E-state index contributed by atoms with van der Waals surface area (Å²) in [5, 5.41) is 13.6. The van der Waals surface area contributed by atoms with Gasteiger partial charge >= 0.3 is 0 Å². The average molecular weight is 190 g/mol. The lowest BCUT2D eigenvalue weighted by Gasteiger charge is -2.27. The summed E-state index contributed by atoms with van der Waals surface area (Å²) in [6, 6.07) is 0. The maximum atomic E-state index is 9.57. The molecule has 0 aromatic heterocycles. The molecule has 0 saturated carbocycles. The van der Waals surface area contributed by atoms with Gasteiger partial charge < -0.3 is 5.11 Å². The van der Waals surface area contributed by atoms with Gasteiger partial charge in [0.2, 0.25) is 0 Å². The van der Waals surface area contributed by atoms with E-state index in [0.717, 1.165) is 5.71 Å². The number of nitrogens with one attached hydrogen (secondary N) is 2. The Kier molecular flexibility index (Phi) is 2.94. The predicted octanol–water partition coefficient (Wildman–Crippen LogP) is -0.803. The van der Waals surface area contributed by atoms with E-state index in [2.05, 4.69) is 16.0 Å². The smallest absolute Gasteiger partial charge is 0.153 e. The topological polar surface area (TPSA) is 82.7 Å². The highest BCUT2D eigenvalue weighted by atomic mass is 32.2. The van der Waals surface area contributed by atoms with Crippen molar-refractivity contribution in [3.8, 4) is 0 Å². The third kappa shape index (κ3) is 2.34. The zero-order valence-corrected chi connectivity index (χ0v) is 7.98. The second kappa shape index (κ2) is 3.61. The van der Waals surface area contributed by atoms with E-state index >= 15 is 0 Å². The van der Waals surface area contributed by atoms with Crippen LogP contribution in [0.2, 0.25) is 0 Å². The van der Waals surface area contributed by atoms with Crippen LogP contribution in [-0.2, 0) is 0 Å². The van der Waals surface area contributed by atoms with Crippen molar-refractivity contribution in [3.05, 3.63) is 0 Å². The number of rotatable bonds is 2. The first kappa shape index (κ1) is 9.79. The van der Waals surface area contributed by atoms with Gasteiger partial charge in [-0.25, -0.2) is 5.43 Å². The first-order valence-corrected chi connectivity index (χ1v) is 4.71. The normalized spacial score (nSPS) is 24.7. The van der Waals surface area contributed by atoms with Crippen LogP contribution in [-0.4, -0.2) is 27.7 Å². The molecule has 5 nitrogen and oxygen atoms in total. The van der Waals surface area contributed by atoms with E-state index in [-0.39, 0.29) is 5.50 Å². The lowest BCUT2D eigenvalue weighted by Crippen LogP contribution is -2.48. The van der Waals surface area contributed by atoms with Crippen molar-refractivity contribution in [2.24, 2.45) is 10.9 Å². The van der Waals surface area contributed by atoms with E-state index in [1.54, 1.807) is 25.6 Å². The number of nitrogens with two attached hydrogens (primary N) is 1. The third-order valence-corrected chi connectivity index (χ3v) is 2.58. The summed E-state index contributed by atoms with van der Waals surface area (Å²) < 4.78 is 0. The molecule has 0 spiro atoms. The molecule has 0 bridgehead atoms. The number of hydrogen-bond acceptors (Lipinski definition) is 6. The van der Waals surface area contributed by atoms with Gasteiger partial charge in [-0.15, -0.1) is 11.8 Å². The van der Waals surface area contributed by atoms with Crippen LogP contribution in [0.5, 0.6) is 0 Å². The van der Waals surface area contributed by atoms with E-state index in [1.807, 2.05) is 0 Å². The predicted molar refractivity (Wildman–Crippen MR) is 50.4 cm³/mol. The Bertz CT molecular complexity index is 188. The van der Waals surface area contributed by atoms with Crippen molar-refractivity contribution < 1.29 is 5.11 Å². The van der Waals surface area contributed by atoms with Crippen LogP contribution in [0.25, 0.3) is 0 Å². The van der Waals surface area contributed by atoms with E-state index in [1.165, 1.54) is 0 Å². The van der Waals surface area contributed by atoms with Crippen molar-refractivity contribution in [2.45, 2.75) is 24.9 Å². The zero-order valence-electron chi connectivity index (χ0n) is 7.16. The number of hydrazine groups is 1. The molecule has 0 amide bonds. The number of hydrogen-bond donors (Lipinski definition) is 4. The molecule has 1 aliphatic rings. The van der Waals surface area contributed by atoms with Gasteiger partial charge in [0.25, 0.3) is 0 Å². The molecular weight excluding hydrogens is 176 g/mol. The minimum Gasteiger partial charge on any atom is -0.384 e. The van der Waals surface area contributed by atoms with Gasteiger partial charge in [-0.1, -0.05) is 0 Å². The molecule has 1 heterocycles. The van der Waals surface area contributed by atoms with Gasteiger partial charge in [0.1, 0.15) is 0 Å². The monoisotopic (exact) mass is 190 g/mol. The van der Waals surface area contributed by atoms with Gasteiger partial charge in [-0.3, -0.25) is 11.3 Å². The van der Waals surface area contributed by atoms with Crippen molar-refractivity contribution in [3.63, 3.8) is 0 Å². The van der Waals surface area contributed by atoms with Gasteiger partial charge in [-0.2, -0.15) is 5.10 Å². The molecule has 6 heteroatoms. The maximum absolute atomic E-state index is 9.57. The molecule has 5 N–H and O–H groups in total.